The minimum atomic E-state index is 0.605. The van der Waals surface area contributed by atoms with Crippen molar-refractivity contribution < 1.29 is 0 Å². The van der Waals surface area contributed by atoms with Crippen molar-refractivity contribution in [3.05, 3.63) is 58.7 Å². The number of rotatable bonds is 3. The highest BCUT2D eigenvalue weighted by Crippen LogP contribution is 2.34. The number of hydrogen-bond acceptors (Lipinski definition) is 2. The summed E-state index contributed by atoms with van der Waals surface area (Å²) in [6, 6.07) is 13.4. The molecule has 0 saturated heterocycles. The van der Waals surface area contributed by atoms with E-state index in [1.165, 1.54) is 51.3 Å². The van der Waals surface area contributed by atoms with E-state index >= 15 is 0 Å². The third-order valence-electron chi connectivity index (χ3n) is 3.74. The van der Waals surface area contributed by atoms with Crippen LogP contribution in [0.15, 0.2) is 46.2 Å². The molecule has 0 fully saturated rings. The van der Waals surface area contributed by atoms with Gasteiger partial charge in [-0.3, -0.25) is 0 Å². The molecule has 1 aliphatic carbocycles. The average Bonchev–Trinajstić information content (AvgIpc) is 2.86. The summed E-state index contributed by atoms with van der Waals surface area (Å²) in [5.74, 6) is 0. The predicted octanol–water partition coefficient (Wildman–Crippen LogP) is 4.09. The fourth-order valence-electron chi connectivity index (χ4n) is 2.66. The SMILES string of the molecule is Cc1ccc(CN)c(Sc2ccc3c(c2)CCC3)c1. The third-order valence-corrected chi connectivity index (χ3v) is 4.83. The Kier molecular flexibility index (Phi) is 3.63. The zero-order valence-corrected chi connectivity index (χ0v) is 12.1. The molecule has 3 rings (SSSR count). The van der Waals surface area contributed by atoms with Crippen LogP contribution in [0.5, 0.6) is 0 Å². The van der Waals surface area contributed by atoms with E-state index in [0.29, 0.717) is 6.54 Å². The van der Waals surface area contributed by atoms with E-state index < -0.39 is 0 Å². The summed E-state index contributed by atoms with van der Waals surface area (Å²) in [4.78, 5) is 2.63. The zero-order valence-electron chi connectivity index (χ0n) is 11.3. The lowest BCUT2D eigenvalue weighted by molar-refractivity contribution is 0.911. The van der Waals surface area contributed by atoms with Gasteiger partial charge in [-0.25, -0.2) is 0 Å². The second-order valence-electron chi connectivity index (χ2n) is 5.20. The number of fused-ring (bicyclic) bond motifs is 1. The van der Waals surface area contributed by atoms with Crippen LogP contribution in [-0.4, -0.2) is 0 Å². The summed E-state index contributed by atoms with van der Waals surface area (Å²) in [6.07, 6.45) is 3.79. The third kappa shape index (κ3) is 2.70. The molecule has 2 heteroatoms. The van der Waals surface area contributed by atoms with Gasteiger partial charge in [-0.15, -0.1) is 0 Å². The lowest BCUT2D eigenvalue weighted by Crippen LogP contribution is -1.98. The Balaban J connectivity index is 1.90. The van der Waals surface area contributed by atoms with E-state index in [-0.39, 0.29) is 0 Å². The maximum atomic E-state index is 5.83. The Bertz CT molecular complexity index is 604. The molecular formula is C17H19NS. The Labute approximate surface area is 119 Å². The van der Waals surface area contributed by atoms with Gasteiger partial charge in [0.25, 0.3) is 0 Å². The van der Waals surface area contributed by atoms with Crippen LogP contribution >= 0.6 is 11.8 Å². The first kappa shape index (κ1) is 12.8. The molecule has 2 N–H and O–H groups in total. The lowest BCUT2D eigenvalue weighted by atomic mass is 10.1. The van der Waals surface area contributed by atoms with Gasteiger partial charge in [-0.2, -0.15) is 0 Å². The Hall–Kier alpha value is -1.25. The van der Waals surface area contributed by atoms with Gasteiger partial charge in [0.1, 0.15) is 0 Å². The Morgan fingerprint density at radius 3 is 2.74 bits per heavy atom. The van der Waals surface area contributed by atoms with Crippen LogP contribution in [-0.2, 0) is 19.4 Å². The van der Waals surface area contributed by atoms with E-state index in [4.69, 9.17) is 5.73 Å². The molecule has 0 heterocycles. The first-order chi connectivity index (χ1) is 9.26. The monoisotopic (exact) mass is 269 g/mol. The highest BCUT2D eigenvalue weighted by atomic mass is 32.2. The van der Waals surface area contributed by atoms with Crippen LogP contribution < -0.4 is 5.73 Å². The van der Waals surface area contributed by atoms with Gasteiger partial charge in [0.15, 0.2) is 0 Å². The summed E-state index contributed by atoms with van der Waals surface area (Å²) in [6.45, 7) is 2.74. The van der Waals surface area contributed by atoms with Crippen LogP contribution in [0.1, 0.15) is 28.7 Å². The summed E-state index contributed by atoms with van der Waals surface area (Å²) in [5, 5.41) is 0. The van der Waals surface area contributed by atoms with Gasteiger partial charge < -0.3 is 5.73 Å². The molecule has 1 aliphatic rings. The molecule has 2 aromatic rings. The molecule has 0 atom stereocenters. The zero-order chi connectivity index (χ0) is 13.2. The summed E-state index contributed by atoms with van der Waals surface area (Å²) < 4.78 is 0. The number of benzene rings is 2. The Morgan fingerprint density at radius 2 is 1.89 bits per heavy atom. The summed E-state index contributed by atoms with van der Waals surface area (Å²) >= 11 is 1.84. The standard InChI is InChI=1S/C17H19NS/c1-12-5-6-15(11-18)17(9-12)19-16-8-7-13-3-2-4-14(13)10-16/h5-10H,2-4,11,18H2,1H3. The first-order valence-corrected chi connectivity index (χ1v) is 7.67. The minimum Gasteiger partial charge on any atom is -0.326 e. The molecule has 0 aliphatic heterocycles. The van der Waals surface area contributed by atoms with E-state index in [2.05, 4.69) is 43.3 Å². The van der Waals surface area contributed by atoms with Crippen molar-refractivity contribution in [2.75, 3.05) is 0 Å². The maximum absolute atomic E-state index is 5.83. The van der Waals surface area contributed by atoms with E-state index in [0.717, 1.165) is 0 Å². The minimum absolute atomic E-state index is 0.605. The molecule has 0 unspecified atom stereocenters. The van der Waals surface area contributed by atoms with E-state index in [1.807, 2.05) is 11.8 Å². The second-order valence-corrected chi connectivity index (χ2v) is 6.32. The van der Waals surface area contributed by atoms with Crippen LogP contribution in [0.3, 0.4) is 0 Å². The summed E-state index contributed by atoms with van der Waals surface area (Å²) in [7, 11) is 0. The van der Waals surface area contributed by atoms with Crippen LogP contribution in [0.2, 0.25) is 0 Å². The fraction of sp³-hybridized carbons (Fsp3) is 0.294. The number of aryl methyl sites for hydroxylation is 3. The van der Waals surface area contributed by atoms with Crippen molar-refractivity contribution in [3.63, 3.8) is 0 Å². The number of nitrogens with two attached hydrogens (primary N) is 1. The van der Waals surface area contributed by atoms with Crippen molar-refractivity contribution in [2.24, 2.45) is 5.73 Å². The fourth-order valence-corrected chi connectivity index (χ4v) is 3.78. The predicted molar refractivity (Wildman–Crippen MR) is 81.7 cm³/mol. The molecule has 19 heavy (non-hydrogen) atoms. The molecule has 0 bridgehead atoms. The smallest absolute Gasteiger partial charge is 0.0189 e. The van der Waals surface area contributed by atoms with Gasteiger partial charge in [-0.1, -0.05) is 30.0 Å². The topological polar surface area (TPSA) is 26.0 Å². The summed E-state index contributed by atoms with van der Waals surface area (Å²) in [5.41, 5.74) is 11.4. The quantitative estimate of drug-likeness (QED) is 0.908. The highest BCUT2D eigenvalue weighted by molar-refractivity contribution is 7.99. The lowest BCUT2D eigenvalue weighted by Gasteiger charge is -2.10. The largest absolute Gasteiger partial charge is 0.326 e. The molecular weight excluding hydrogens is 250 g/mol. The molecule has 0 spiro atoms. The molecule has 0 amide bonds. The molecule has 0 saturated carbocycles. The van der Waals surface area contributed by atoms with E-state index in [9.17, 15) is 0 Å². The van der Waals surface area contributed by atoms with Crippen molar-refractivity contribution in [2.45, 2.75) is 42.5 Å². The second kappa shape index (κ2) is 5.40. The molecule has 1 nitrogen and oxygen atoms in total. The maximum Gasteiger partial charge on any atom is 0.0189 e. The van der Waals surface area contributed by atoms with Crippen LogP contribution in [0.4, 0.5) is 0 Å². The van der Waals surface area contributed by atoms with Crippen molar-refractivity contribution in [1.29, 1.82) is 0 Å². The average molecular weight is 269 g/mol. The van der Waals surface area contributed by atoms with Crippen molar-refractivity contribution in [3.8, 4) is 0 Å². The molecule has 0 aromatic heterocycles. The van der Waals surface area contributed by atoms with Crippen molar-refractivity contribution >= 4 is 11.8 Å². The van der Waals surface area contributed by atoms with Crippen LogP contribution in [0, 0.1) is 6.92 Å². The van der Waals surface area contributed by atoms with Gasteiger partial charge in [-0.05, 0) is 66.6 Å². The first-order valence-electron chi connectivity index (χ1n) is 6.85. The van der Waals surface area contributed by atoms with E-state index in [1.54, 1.807) is 0 Å². The van der Waals surface area contributed by atoms with Crippen LogP contribution in [0.25, 0.3) is 0 Å². The molecule has 98 valence electrons. The van der Waals surface area contributed by atoms with Gasteiger partial charge in [0, 0.05) is 16.3 Å². The van der Waals surface area contributed by atoms with Gasteiger partial charge >= 0.3 is 0 Å². The molecule has 2 aromatic carbocycles. The van der Waals surface area contributed by atoms with Gasteiger partial charge in [0.05, 0.1) is 0 Å². The van der Waals surface area contributed by atoms with Gasteiger partial charge in [0.2, 0.25) is 0 Å². The highest BCUT2D eigenvalue weighted by Gasteiger charge is 2.12. The normalized spacial score (nSPS) is 13.6. The number of hydrogen-bond donors (Lipinski definition) is 1. The molecule has 0 radical (unpaired) electrons. The Morgan fingerprint density at radius 1 is 1.05 bits per heavy atom. The van der Waals surface area contributed by atoms with Crippen molar-refractivity contribution in [1.82, 2.24) is 0 Å².